The topological polar surface area (TPSA) is 102 Å². The van der Waals surface area contributed by atoms with E-state index in [0.29, 0.717) is 13.1 Å². The molecule has 0 aromatic carbocycles. The quantitative estimate of drug-likeness (QED) is 0.690. The molecule has 0 saturated heterocycles. The summed E-state index contributed by atoms with van der Waals surface area (Å²) in [5, 5.41) is 12.3. The highest BCUT2D eigenvalue weighted by molar-refractivity contribution is 5.83. The Morgan fingerprint density at radius 2 is 2.40 bits per heavy atom. The van der Waals surface area contributed by atoms with Crippen LogP contribution in [0.3, 0.4) is 0 Å². The number of fused-ring (bicyclic) bond motifs is 1. The molecule has 3 N–H and O–H groups in total. The number of carboxylic acid groups (broad SMARTS) is 1. The van der Waals surface area contributed by atoms with Crippen LogP contribution in [0.5, 0.6) is 0 Å². The fourth-order valence-electron chi connectivity index (χ4n) is 2.25. The van der Waals surface area contributed by atoms with Crippen LogP contribution in [-0.2, 0) is 17.8 Å². The largest absolute Gasteiger partial charge is 0.480 e. The maximum absolute atomic E-state index is 12.4. The molecule has 1 aromatic rings. The molecule has 0 aliphatic carbocycles. The fraction of sp³-hybridized carbons (Fsp3) is 0.583. The Hall–Kier alpha value is -2.09. The first-order valence-corrected chi connectivity index (χ1v) is 6.45. The summed E-state index contributed by atoms with van der Waals surface area (Å²) in [7, 11) is 3.47. The lowest BCUT2D eigenvalue weighted by Crippen LogP contribution is -2.53. The third-order valence-electron chi connectivity index (χ3n) is 3.45. The molecule has 1 atom stereocenters. The van der Waals surface area contributed by atoms with Gasteiger partial charge in [-0.2, -0.15) is 0 Å². The van der Waals surface area contributed by atoms with Crippen molar-refractivity contribution in [2.45, 2.75) is 19.0 Å². The Bertz CT molecular complexity index is 501. The number of hydrogen-bond donors (Lipinski definition) is 3. The van der Waals surface area contributed by atoms with Crippen LogP contribution < -0.4 is 5.32 Å². The van der Waals surface area contributed by atoms with E-state index in [0.717, 1.165) is 11.4 Å². The molecule has 1 aliphatic rings. The first-order chi connectivity index (χ1) is 9.54. The number of aromatic nitrogens is 2. The van der Waals surface area contributed by atoms with Gasteiger partial charge in [-0.15, -0.1) is 0 Å². The lowest BCUT2D eigenvalue weighted by Gasteiger charge is -2.35. The number of urea groups is 1. The monoisotopic (exact) mass is 281 g/mol. The van der Waals surface area contributed by atoms with Crippen molar-refractivity contribution in [2.75, 3.05) is 27.2 Å². The van der Waals surface area contributed by atoms with Crippen LogP contribution in [-0.4, -0.2) is 70.1 Å². The zero-order valence-corrected chi connectivity index (χ0v) is 11.6. The number of carbonyl (C=O) groups excluding carboxylic acids is 1. The summed E-state index contributed by atoms with van der Waals surface area (Å²) in [6, 6.07) is -1.15. The van der Waals surface area contributed by atoms with Crippen molar-refractivity contribution in [3.8, 4) is 0 Å². The van der Waals surface area contributed by atoms with Gasteiger partial charge >= 0.3 is 12.0 Å². The zero-order chi connectivity index (χ0) is 14.7. The van der Waals surface area contributed by atoms with Gasteiger partial charge in [0.15, 0.2) is 0 Å². The highest BCUT2D eigenvalue weighted by atomic mass is 16.4. The van der Waals surface area contributed by atoms with Crippen molar-refractivity contribution in [3.05, 3.63) is 17.7 Å². The molecule has 0 fully saturated rings. The Balaban J connectivity index is 2.15. The van der Waals surface area contributed by atoms with E-state index in [2.05, 4.69) is 15.3 Å². The third-order valence-corrected chi connectivity index (χ3v) is 3.45. The average molecular weight is 281 g/mol. The van der Waals surface area contributed by atoms with E-state index in [1.54, 1.807) is 14.1 Å². The smallest absolute Gasteiger partial charge is 0.326 e. The summed E-state index contributed by atoms with van der Waals surface area (Å²) in [5.41, 5.74) is 1.53. The van der Waals surface area contributed by atoms with Crippen LogP contribution >= 0.6 is 0 Å². The van der Waals surface area contributed by atoms with Crippen molar-refractivity contribution >= 4 is 12.0 Å². The minimum Gasteiger partial charge on any atom is -0.480 e. The molecule has 0 saturated carbocycles. The highest BCUT2D eigenvalue weighted by Gasteiger charge is 2.37. The molecule has 0 spiro atoms. The summed E-state index contributed by atoms with van der Waals surface area (Å²) in [6.45, 7) is 1.42. The van der Waals surface area contributed by atoms with E-state index in [4.69, 9.17) is 0 Å². The van der Waals surface area contributed by atoms with E-state index in [1.165, 1.54) is 16.1 Å². The number of carboxylic acids is 1. The van der Waals surface area contributed by atoms with Gasteiger partial charge in [0.05, 0.1) is 24.3 Å². The molecule has 110 valence electrons. The van der Waals surface area contributed by atoms with E-state index in [1.807, 2.05) is 0 Å². The van der Waals surface area contributed by atoms with Gasteiger partial charge in [0.1, 0.15) is 6.04 Å². The third kappa shape index (κ3) is 2.74. The van der Waals surface area contributed by atoms with Gasteiger partial charge in [-0.3, -0.25) is 0 Å². The van der Waals surface area contributed by atoms with Gasteiger partial charge < -0.3 is 25.2 Å². The molecule has 1 aliphatic heterocycles. The minimum atomic E-state index is -1.01. The lowest BCUT2D eigenvalue weighted by molar-refractivity contribution is -0.142. The van der Waals surface area contributed by atoms with Crippen LogP contribution in [0.2, 0.25) is 0 Å². The molecule has 20 heavy (non-hydrogen) atoms. The molecule has 1 unspecified atom stereocenters. The fourth-order valence-corrected chi connectivity index (χ4v) is 2.25. The second-order valence-corrected chi connectivity index (χ2v) is 4.82. The van der Waals surface area contributed by atoms with Gasteiger partial charge in [0.2, 0.25) is 0 Å². The first-order valence-electron chi connectivity index (χ1n) is 6.45. The minimum absolute atomic E-state index is 0.236. The SMILES string of the molecule is CNCCN(C)C(=O)N1Cc2[nH]cnc2CC1C(=O)O. The van der Waals surface area contributed by atoms with E-state index in [9.17, 15) is 14.7 Å². The number of carbonyl (C=O) groups is 2. The van der Waals surface area contributed by atoms with E-state index < -0.39 is 12.0 Å². The molecule has 2 amide bonds. The van der Waals surface area contributed by atoms with Gasteiger partial charge in [0.25, 0.3) is 0 Å². The lowest BCUT2D eigenvalue weighted by atomic mass is 10.0. The standard InChI is InChI=1S/C12H19N5O3/c1-13-3-4-16(2)12(20)17-6-9-8(14-7-15-9)5-10(17)11(18)19/h7,10,13H,3-6H2,1-2H3,(H,14,15)(H,18,19). The van der Waals surface area contributed by atoms with Crippen molar-refractivity contribution in [2.24, 2.45) is 0 Å². The molecule has 2 heterocycles. The van der Waals surface area contributed by atoms with Crippen LogP contribution in [0.1, 0.15) is 11.4 Å². The van der Waals surface area contributed by atoms with Crippen LogP contribution in [0, 0.1) is 0 Å². The molecule has 0 radical (unpaired) electrons. The van der Waals surface area contributed by atoms with Gasteiger partial charge in [-0.1, -0.05) is 0 Å². The number of nitrogens with zero attached hydrogens (tertiary/aromatic N) is 3. The normalized spacial score (nSPS) is 17.7. The Morgan fingerprint density at radius 1 is 1.65 bits per heavy atom. The number of aliphatic carboxylic acids is 1. The van der Waals surface area contributed by atoms with Gasteiger partial charge in [0, 0.05) is 26.6 Å². The molecule has 8 nitrogen and oxygen atoms in total. The maximum Gasteiger partial charge on any atom is 0.326 e. The van der Waals surface area contributed by atoms with Crippen molar-refractivity contribution in [1.82, 2.24) is 25.1 Å². The molecule has 1 aromatic heterocycles. The number of H-pyrrole nitrogens is 1. The van der Waals surface area contributed by atoms with Gasteiger partial charge in [-0.25, -0.2) is 14.6 Å². The van der Waals surface area contributed by atoms with E-state index in [-0.39, 0.29) is 19.0 Å². The summed E-state index contributed by atoms with van der Waals surface area (Å²) in [5.74, 6) is -1.01. The average Bonchev–Trinajstić information content (AvgIpc) is 2.89. The summed E-state index contributed by atoms with van der Waals surface area (Å²) < 4.78 is 0. The summed E-state index contributed by atoms with van der Waals surface area (Å²) >= 11 is 0. The van der Waals surface area contributed by atoms with Crippen molar-refractivity contribution < 1.29 is 14.7 Å². The molecule has 2 rings (SSSR count). The number of nitrogens with one attached hydrogen (secondary N) is 2. The predicted molar refractivity (Wildman–Crippen MR) is 71.2 cm³/mol. The van der Waals surface area contributed by atoms with E-state index >= 15 is 0 Å². The molecular weight excluding hydrogens is 262 g/mol. The number of amides is 2. The molecule has 0 bridgehead atoms. The Labute approximate surface area is 116 Å². The highest BCUT2D eigenvalue weighted by Crippen LogP contribution is 2.21. The zero-order valence-electron chi connectivity index (χ0n) is 11.6. The van der Waals surface area contributed by atoms with Crippen LogP contribution in [0.15, 0.2) is 6.33 Å². The number of imidazole rings is 1. The van der Waals surface area contributed by atoms with Crippen LogP contribution in [0.25, 0.3) is 0 Å². The maximum atomic E-state index is 12.4. The summed E-state index contributed by atoms with van der Waals surface area (Å²) in [4.78, 5) is 33.7. The Kier molecular flexibility index (Phi) is 4.23. The first kappa shape index (κ1) is 14.3. The Morgan fingerprint density at radius 3 is 3.05 bits per heavy atom. The second kappa shape index (κ2) is 5.91. The predicted octanol–water partition coefficient (Wildman–Crippen LogP) is -0.508. The van der Waals surface area contributed by atoms with Gasteiger partial charge in [-0.05, 0) is 7.05 Å². The molecule has 8 heteroatoms. The number of hydrogen-bond acceptors (Lipinski definition) is 4. The second-order valence-electron chi connectivity index (χ2n) is 4.82. The van der Waals surface area contributed by atoms with Crippen molar-refractivity contribution in [1.29, 1.82) is 0 Å². The number of rotatable bonds is 4. The molecular formula is C12H19N5O3. The number of aromatic amines is 1. The van der Waals surface area contributed by atoms with Crippen molar-refractivity contribution in [3.63, 3.8) is 0 Å². The number of likely N-dealkylation sites (N-methyl/N-ethyl adjacent to an activating group) is 2. The summed E-state index contributed by atoms with van der Waals surface area (Å²) in [6.07, 6.45) is 1.77. The van der Waals surface area contributed by atoms with Crippen LogP contribution in [0.4, 0.5) is 4.79 Å².